The first kappa shape index (κ1) is 34.4. The predicted octanol–water partition coefficient (Wildman–Crippen LogP) is 10.2. The minimum Gasteiger partial charge on any atom is -0.200 e. The first-order chi connectivity index (χ1) is 19.6. The lowest BCUT2D eigenvalue weighted by molar-refractivity contribution is 0.562. The molecule has 0 aliphatic rings. The van der Waals surface area contributed by atoms with E-state index in [1.807, 2.05) is 0 Å². The normalized spacial score (nSPS) is 11.6. The third kappa shape index (κ3) is 10.5. The quantitative estimate of drug-likeness (QED) is 0.0828. The summed E-state index contributed by atoms with van der Waals surface area (Å²) in [5, 5.41) is 0. The van der Waals surface area contributed by atoms with Gasteiger partial charge in [-0.25, -0.2) is 0 Å². The largest absolute Gasteiger partial charge is 0.200 e. The summed E-state index contributed by atoms with van der Waals surface area (Å²) in [5.74, 6) is 0. The second-order valence-corrected chi connectivity index (χ2v) is 17.1. The van der Waals surface area contributed by atoms with Crippen molar-refractivity contribution in [3.8, 4) is 0 Å². The van der Waals surface area contributed by atoms with E-state index < -0.39 is 13.4 Å². The van der Waals surface area contributed by atoms with E-state index in [4.69, 9.17) is 0 Å². The average Bonchev–Trinajstić information content (AvgIpc) is 3.03. The van der Waals surface area contributed by atoms with Crippen molar-refractivity contribution in [1.82, 2.24) is 0 Å². The monoisotopic (exact) mass is 558 g/mol. The van der Waals surface area contributed by atoms with E-state index in [9.17, 15) is 0 Å². The van der Waals surface area contributed by atoms with Crippen LogP contribution in [0.25, 0.3) is 0 Å². The summed E-state index contributed by atoms with van der Waals surface area (Å²) in [6.07, 6.45) is 19.9. The molecule has 0 fully saturated rings. The predicted molar refractivity (Wildman–Crippen MR) is 190 cm³/mol. The molecule has 2 heteroatoms. The molecule has 0 N–H and O–H groups in total. The Bertz CT molecular complexity index is 868. The van der Waals surface area contributed by atoms with Gasteiger partial charge >= 0.3 is 0 Å². The second kappa shape index (κ2) is 20.1. The molecule has 0 spiro atoms. The van der Waals surface area contributed by atoms with Crippen molar-refractivity contribution in [2.75, 3.05) is 24.6 Å². The summed E-state index contributed by atoms with van der Waals surface area (Å²) in [6.45, 7) is 11.7. The van der Waals surface area contributed by atoms with E-state index in [1.54, 1.807) is 0 Å². The van der Waals surface area contributed by atoms with E-state index in [2.05, 4.69) is 126 Å². The number of hydrogen-bond donors (Lipinski definition) is 0. The van der Waals surface area contributed by atoms with Crippen LogP contribution in [-0.2, 0) is 0 Å². The third-order valence-corrected chi connectivity index (χ3v) is 15.1. The number of hydrogen-bond acceptors (Lipinski definition) is 0. The van der Waals surface area contributed by atoms with Crippen LogP contribution in [0.15, 0.2) is 91.0 Å². The summed E-state index contributed by atoms with van der Waals surface area (Å²) in [4.78, 5) is 0. The van der Waals surface area contributed by atoms with Gasteiger partial charge in [-0.3, -0.25) is 0 Å². The Morgan fingerprint density at radius 3 is 0.975 bits per heavy atom. The van der Waals surface area contributed by atoms with Crippen molar-refractivity contribution in [3.63, 3.8) is 0 Å². The molecule has 40 heavy (non-hydrogen) atoms. The third-order valence-electron chi connectivity index (χ3n) is 9.78. The van der Waals surface area contributed by atoms with Crippen LogP contribution in [-0.4, -0.2) is 30.8 Å². The highest BCUT2D eigenvalue weighted by Gasteiger charge is 2.29. The van der Waals surface area contributed by atoms with Crippen LogP contribution >= 0.6 is 7.26 Å². The van der Waals surface area contributed by atoms with Crippen LogP contribution < -0.4 is 16.4 Å². The van der Waals surface area contributed by atoms with Crippen LogP contribution in [0, 0.1) is 0 Å². The molecule has 3 aromatic rings. The zero-order valence-electron chi connectivity index (χ0n) is 26.8. The van der Waals surface area contributed by atoms with Gasteiger partial charge in [0.1, 0.15) is 0 Å². The van der Waals surface area contributed by atoms with Gasteiger partial charge in [-0.05, 0) is 27.7 Å². The smallest absolute Gasteiger partial charge is 0.0814 e. The van der Waals surface area contributed by atoms with Gasteiger partial charge in [-0.15, -0.1) is 0 Å². The van der Waals surface area contributed by atoms with Gasteiger partial charge in [-0.1, -0.05) is 162 Å². The maximum atomic E-state index is 2.35. The van der Waals surface area contributed by atoms with Crippen LogP contribution in [0.5, 0.6) is 0 Å². The van der Waals surface area contributed by atoms with Crippen LogP contribution in [0.3, 0.4) is 0 Å². The zero-order valence-corrected chi connectivity index (χ0v) is 27.7. The van der Waals surface area contributed by atoms with Crippen molar-refractivity contribution < 1.29 is 0 Å². The molecule has 220 valence electrons. The van der Waals surface area contributed by atoms with Gasteiger partial charge in [0, 0.05) is 7.26 Å². The zero-order chi connectivity index (χ0) is 28.9. The highest BCUT2D eigenvalue weighted by molar-refractivity contribution is 7.75. The molecule has 3 aromatic carbocycles. The Labute approximate surface area is 250 Å². The second-order valence-electron chi connectivity index (χ2n) is 11.9. The first-order valence-corrected chi connectivity index (χ1v) is 19.3. The number of rotatable bonds is 18. The van der Waals surface area contributed by atoms with E-state index in [1.165, 1.54) is 112 Å². The van der Waals surface area contributed by atoms with Crippen molar-refractivity contribution in [3.05, 3.63) is 91.0 Å². The molecule has 0 aromatic heterocycles. The lowest BCUT2D eigenvalue weighted by atomic mass is 9.14. The van der Waals surface area contributed by atoms with Crippen LogP contribution in [0.2, 0.25) is 6.32 Å². The molecule has 0 bridgehead atoms. The Morgan fingerprint density at radius 2 is 0.700 bits per heavy atom. The summed E-state index contributed by atoms with van der Waals surface area (Å²) in [6, 6.07) is 33.7. The standard InChI is InChI=1S/C30H40B.C8H20P/c1-2-3-4-5-6-7-8-9-10-20-27-31(28-21-14-11-15-22-28,29-23-16-12-17-24-29)30-25-18-13-19-26-30;1-5-9(6-2,7-3)8-4/h11-19,21-26H,2-10,20,27H2,1H3;5-8H2,1-4H3/q-1;+1. The van der Waals surface area contributed by atoms with E-state index in [0.717, 1.165) is 0 Å². The Hall–Kier alpha value is -1.85. The SMILES string of the molecule is CCCCCCCCCCCC[B-](c1ccccc1)(c1ccccc1)c1ccccc1.CC[P+](CC)(CC)CC. The highest BCUT2D eigenvalue weighted by Crippen LogP contribution is 2.57. The highest BCUT2D eigenvalue weighted by atomic mass is 31.2. The molecule has 0 radical (unpaired) electrons. The Balaban J connectivity index is 0.000000536. The lowest BCUT2D eigenvalue weighted by Crippen LogP contribution is -2.66. The van der Waals surface area contributed by atoms with E-state index >= 15 is 0 Å². The van der Waals surface area contributed by atoms with E-state index in [0.29, 0.717) is 0 Å². The van der Waals surface area contributed by atoms with Gasteiger partial charge in [0.05, 0.1) is 30.8 Å². The summed E-state index contributed by atoms with van der Waals surface area (Å²) in [7, 11) is -0.420. The lowest BCUT2D eigenvalue weighted by Gasteiger charge is -2.43. The average molecular weight is 559 g/mol. The molecule has 0 heterocycles. The van der Waals surface area contributed by atoms with Crippen molar-refractivity contribution in [2.24, 2.45) is 0 Å². The fraction of sp³-hybridized carbons (Fsp3) is 0.526. The summed E-state index contributed by atoms with van der Waals surface area (Å²) < 4.78 is 0. The maximum absolute atomic E-state index is 2.35. The summed E-state index contributed by atoms with van der Waals surface area (Å²) >= 11 is 0. The Kier molecular flexibility index (Phi) is 17.3. The maximum Gasteiger partial charge on any atom is 0.0814 e. The molecule has 0 saturated carbocycles. The molecule has 0 atom stereocenters. The van der Waals surface area contributed by atoms with Gasteiger partial charge in [0.25, 0.3) is 0 Å². The van der Waals surface area contributed by atoms with Crippen LogP contribution in [0.1, 0.15) is 98.8 Å². The molecular weight excluding hydrogens is 498 g/mol. The van der Waals surface area contributed by atoms with Gasteiger partial charge in [0.15, 0.2) is 0 Å². The van der Waals surface area contributed by atoms with Crippen molar-refractivity contribution in [2.45, 2.75) is 105 Å². The van der Waals surface area contributed by atoms with Crippen molar-refractivity contribution in [1.29, 1.82) is 0 Å². The molecule has 0 saturated heterocycles. The van der Waals surface area contributed by atoms with E-state index in [-0.39, 0.29) is 0 Å². The Morgan fingerprint density at radius 1 is 0.400 bits per heavy atom. The molecule has 0 unspecified atom stereocenters. The number of benzene rings is 3. The fourth-order valence-corrected chi connectivity index (χ4v) is 9.38. The van der Waals surface area contributed by atoms with Crippen LogP contribution in [0.4, 0.5) is 0 Å². The summed E-state index contributed by atoms with van der Waals surface area (Å²) in [5.41, 5.74) is 4.41. The molecule has 3 rings (SSSR count). The number of unbranched alkanes of at least 4 members (excludes halogenated alkanes) is 9. The molecular formula is C38H60BP. The fourth-order valence-electron chi connectivity index (χ4n) is 6.70. The molecule has 0 nitrogen and oxygen atoms in total. The molecule has 0 amide bonds. The van der Waals surface area contributed by atoms with Gasteiger partial charge in [-0.2, -0.15) is 22.7 Å². The molecule has 0 aliphatic carbocycles. The van der Waals surface area contributed by atoms with Gasteiger partial charge < -0.3 is 0 Å². The first-order valence-electron chi connectivity index (χ1n) is 16.8. The van der Waals surface area contributed by atoms with Gasteiger partial charge in [0.2, 0.25) is 0 Å². The minimum atomic E-state index is -0.950. The van der Waals surface area contributed by atoms with Crippen molar-refractivity contribution >= 4 is 29.8 Å². The molecule has 0 aliphatic heterocycles. The minimum absolute atomic E-state index is 0.420. The topological polar surface area (TPSA) is 0 Å².